The number of aliphatic imine (C=N–C) groups is 1. The second kappa shape index (κ2) is 4.69. The maximum atomic E-state index is 11.1. The summed E-state index contributed by atoms with van der Waals surface area (Å²) in [7, 11) is 0. The first-order chi connectivity index (χ1) is 6.67. The summed E-state index contributed by atoms with van der Waals surface area (Å²) >= 11 is 0. The summed E-state index contributed by atoms with van der Waals surface area (Å²) in [4.78, 5) is 15.1. The number of aliphatic hydroxyl groups excluding tert-OH is 1. The number of carbonyl (C=O) groups excluding carboxylic acids is 1. The number of nitrogens with two attached hydrogens (primary N) is 1. The zero-order valence-electron chi connectivity index (χ0n) is 7.95. The Bertz CT molecular complexity index is 329. The molecule has 1 aliphatic rings. The molecule has 0 aromatic heterocycles. The first-order valence-corrected chi connectivity index (χ1v) is 4.25. The molecule has 0 aliphatic carbocycles. The van der Waals surface area contributed by atoms with Crippen LogP contribution in [0.3, 0.4) is 0 Å². The molecule has 0 amide bonds. The Balaban J connectivity index is 2.96. The average Bonchev–Trinajstić information content (AvgIpc) is 2.17. The van der Waals surface area contributed by atoms with E-state index in [9.17, 15) is 4.79 Å². The number of Topliss-reactive ketones (excluding diaryl/α,β-unsaturated/α-hetero) is 1. The Labute approximate surface area is 82.0 Å². The average molecular weight is 195 g/mol. The lowest BCUT2D eigenvalue weighted by Crippen LogP contribution is -2.24. The van der Waals surface area contributed by atoms with E-state index in [0.717, 1.165) is 0 Å². The molecule has 0 aromatic rings. The predicted octanol–water partition coefficient (Wildman–Crippen LogP) is -0.704. The second-order valence-electron chi connectivity index (χ2n) is 2.83. The molecule has 0 bridgehead atoms. The molecular formula is C9H13N3O2. The van der Waals surface area contributed by atoms with Gasteiger partial charge in [0.25, 0.3) is 0 Å². The van der Waals surface area contributed by atoms with Gasteiger partial charge in [-0.1, -0.05) is 0 Å². The van der Waals surface area contributed by atoms with Gasteiger partial charge in [-0.15, -0.1) is 0 Å². The fourth-order valence-electron chi connectivity index (χ4n) is 1.03. The minimum Gasteiger partial charge on any atom is -0.390 e. The number of ketones is 1. The number of rotatable bonds is 3. The molecule has 0 saturated carbocycles. The van der Waals surface area contributed by atoms with Gasteiger partial charge in [0, 0.05) is 19.2 Å². The largest absolute Gasteiger partial charge is 0.390 e. The van der Waals surface area contributed by atoms with Crippen molar-refractivity contribution >= 4 is 11.5 Å². The van der Waals surface area contributed by atoms with Crippen molar-refractivity contribution in [2.24, 2.45) is 10.7 Å². The van der Waals surface area contributed by atoms with Gasteiger partial charge in [-0.2, -0.15) is 0 Å². The third kappa shape index (κ3) is 2.51. The number of carbonyl (C=O) groups is 1. The molecule has 0 aromatic carbocycles. The fraction of sp³-hybridized carbons (Fsp3) is 0.333. The molecule has 0 fully saturated rings. The fourth-order valence-corrected chi connectivity index (χ4v) is 1.03. The Morgan fingerprint density at radius 1 is 1.79 bits per heavy atom. The first kappa shape index (κ1) is 10.6. The van der Waals surface area contributed by atoms with Crippen LogP contribution in [0.25, 0.3) is 0 Å². The minimum absolute atomic E-state index is 0.139. The molecule has 0 spiro atoms. The first-order valence-electron chi connectivity index (χ1n) is 4.25. The monoisotopic (exact) mass is 195 g/mol. The van der Waals surface area contributed by atoms with Crippen molar-refractivity contribution in [2.75, 3.05) is 13.2 Å². The van der Waals surface area contributed by atoms with E-state index >= 15 is 0 Å². The number of nitrogens with one attached hydrogen (secondary N) is 1. The number of allylic oxidation sites excluding steroid dienone is 1. The molecule has 0 radical (unpaired) electrons. The third-order valence-electron chi connectivity index (χ3n) is 1.68. The van der Waals surface area contributed by atoms with Crippen LogP contribution in [0.2, 0.25) is 0 Å². The SMILES string of the molecule is CC(=O)C1=N/C(=C/CN)NC(CO)=C1. The second-order valence-corrected chi connectivity index (χ2v) is 2.83. The number of hydrogen-bond acceptors (Lipinski definition) is 5. The highest BCUT2D eigenvalue weighted by molar-refractivity contribution is 6.44. The van der Waals surface area contributed by atoms with Crippen LogP contribution in [-0.2, 0) is 4.79 Å². The highest BCUT2D eigenvalue weighted by Crippen LogP contribution is 2.06. The Kier molecular flexibility index (Phi) is 3.55. The van der Waals surface area contributed by atoms with Gasteiger partial charge < -0.3 is 16.2 Å². The molecule has 4 N–H and O–H groups in total. The van der Waals surface area contributed by atoms with E-state index in [1.54, 1.807) is 6.08 Å². The maximum Gasteiger partial charge on any atom is 0.178 e. The molecule has 0 saturated heterocycles. The maximum absolute atomic E-state index is 11.1. The van der Waals surface area contributed by atoms with Crippen LogP contribution in [0, 0.1) is 0 Å². The predicted molar refractivity (Wildman–Crippen MR) is 53.6 cm³/mol. The molecule has 0 unspecified atom stereocenters. The molecule has 5 heteroatoms. The van der Waals surface area contributed by atoms with E-state index in [-0.39, 0.29) is 12.4 Å². The summed E-state index contributed by atoms with van der Waals surface area (Å²) < 4.78 is 0. The lowest BCUT2D eigenvalue weighted by molar-refractivity contribution is -0.111. The topological polar surface area (TPSA) is 87.7 Å². The Morgan fingerprint density at radius 2 is 2.50 bits per heavy atom. The van der Waals surface area contributed by atoms with E-state index < -0.39 is 0 Å². The van der Waals surface area contributed by atoms with Crippen molar-refractivity contribution in [3.05, 3.63) is 23.7 Å². The van der Waals surface area contributed by atoms with Crippen LogP contribution < -0.4 is 11.1 Å². The molecule has 1 aliphatic heterocycles. The van der Waals surface area contributed by atoms with Gasteiger partial charge in [-0.3, -0.25) is 4.79 Å². The molecule has 76 valence electrons. The zero-order valence-corrected chi connectivity index (χ0v) is 7.95. The highest BCUT2D eigenvalue weighted by atomic mass is 16.3. The summed E-state index contributed by atoms with van der Waals surface area (Å²) in [6.45, 7) is 1.60. The van der Waals surface area contributed by atoms with E-state index in [4.69, 9.17) is 10.8 Å². The van der Waals surface area contributed by atoms with E-state index in [2.05, 4.69) is 10.3 Å². The van der Waals surface area contributed by atoms with Crippen molar-refractivity contribution in [1.82, 2.24) is 5.32 Å². The van der Waals surface area contributed by atoms with Crippen molar-refractivity contribution in [1.29, 1.82) is 0 Å². The zero-order chi connectivity index (χ0) is 10.6. The smallest absolute Gasteiger partial charge is 0.178 e. The van der Waals surface area contributed by atoms with Gasteiger partial charge in [0.15, 0.2) is 5.78 Å². The summed E-state index contributed by atoms with van der Waals surface area (Å²) in [6.07, 6.45) is 3.17. The lowest BCUT2D eigenvalue weighted by atomic mass is 10.2. The third-order valence-corrected chi connectivity index (χ3v) is 1.68. The van der Waals surface area contributed by atoms with E-state index in [1.807, 2.05) is 0 Å². The molecule has 1 heterocycles. The molecule has 14 heavy (non-hydrogen) atoms. The Morgan fingerprint density at radius 3 is 3.00 bits per heavy atom. The summed E-state index contributed by atoms with van der Waals surface area (Å²) in [5.41, 5.74) is 6.19. The normalized spacial score (nSPS) is 18.6. The summed E-state index contributed by atoms with van der Waals surface area (Å²) in [5.74, 6) is 0.365. The lowest BCUT2D eigenvalue weighted by Gasteiger charge is -2.14. The van der Waals surface area contributed by atoms with Gasteiger partial charge in [0.05, 0.1) is 6.61 Å². The van der Waals surface area contributed by atoms with Crippen LogP contribution in [0.5, 0.6) is 0 Å². The molecule has 0 atom stereocenters. The van der Waals surface area contributed by atoms with Gasteiger partial charge in [0.1, 0.15) is 11.5 Å². The van der Waals surface area contributed by atoms with Crippen LogP contribution >= 0.6 is 0 Å². The van der Waals surface area contributed by atoms with Gasteiger partial charge in [-0.05, 0) is 12.2 Å². The van der Waals surface area contributed by atoms with Crippen molar-refractivity contribution in [2.45, 2.75) is 6.92 Å². The van der Waals surface area contributed by atoms with Gasteiger partial charge in [-0.25, -0.2) is 4.99 Å². The highest BCUT2D eigenvalue weighted by Gasteiger charge is 2.11. The summed E-state index contributed by atoms with van der Waals surface area (Å²) in [6, 6.07) is 0. The van der Waals surface area contributed by atoms with Crippen molar-refractivity contribution in [3.63, 3.8) is 0 Å². The Hall–Kier alpha value is -1.46. The molecule has 1 rings (SSSR count). The van der Waals surface area contributed by atoms with Crippen LogP contribution in [0.4, 0.5) is 0 Å². The van der Waals surface area contributed by atoms with Crippen molar-refractivity contribution < 1.29 is 9.90 Å². The van der Waals surface area contributed by atoms with E-state index in [0.29, 0.717) is 23.8 Å². The standard InChI is InChI=1S/C9H13N3O2/c1-6(14)8-4-7(5-13)11-9(12-8)2-3-10/h2,4,11,13H,3,5,10H2,1H3/b9-2+. The van der Waals surface area contributed by atoms with Crippen LogP contribution in [-0.4, -0.2) is 29.8 Å². The van der Waals surface area contributed by atoms with Gasteiger partial charge >= 0.3 is 0 Å². The van der Waals surface area contributed by atoms with Crippen molar-refractivity contribution in [3.8, 4) is 0 Å². The number of hydrogen-bond donors (Lipinski definition) is 3. The summed E-state index contributed by atoms with van der Waals surface area (Å²) in [5, 5.41) is 11.8. The van der Waals surface area contributed by atoms with Gasteiger partial charge in [0.2, 0.25) is 0 Å². The number of nitrogens with zero attached hydrogens (tertiary/aromatic N) is 1. The number of aliphatic hydroxyl groups is 1. The van der Waals surface area contributed by atoms with Crippen LogP contribution in [0.1, 0.15) is 6.92 Å². The van der Waals surface area contributed by atoms with Crippen LogP contribution in [0.15, 0.2) is 28.7 Å². The minimum atomic E-state index is -0.159. The molecular weight excluding hydrogens is 182 g/mol. The van der Waals surface area contributed by atoms with E-state index in [1.165, 1.54) is 13.0 Å². The molecule has 5 nitrogen and oxygen atoms in total. The quantitative estimate of drug-likeness (QED) is 0.555.